The van der Waals surface area contributed by atoms with Gasteiger partial charge in [0, 0.05) is 32.1 Å². The van der Waals surface area contributed by atoms with Crippen molar-refractivity contribution in [3.05, 3.63) is 59.4 Å². The van der Waals surface area contributed by atoms with E-state index in [4.69, 9.17) is 14.2 Å². The number of pyridine rings is 1. The van der Waals surface area contributed by atoms with Gasteiger partial charge in [0.1, 0.15) is 17.3 Å². The van der Waals surface area contributed by atoms with E-state index in [1.54, 1.807) is 42.7 Å². The first-order valence-electron chi connectivity index (χ1n) is 10.1. The van der Waals surface area contributed by atoms with Crippen LogP contribution in [-0.4, -0.2) is 60.2 Å². The van der Waals surface area contributed by atoms with Gasteiger partial charge >= 0.3 is 0 Å². The van der Waals surface area contributed by atoms with Gasteiger partial charge in [0.2, 0.25) is 0 Å². The van der Waals surface area contributed by atoms with Crippen LogP contribution in [0.3, 0.4) is 0 Å². The SMILES string of the molecule is CCOc1ccc(/C(O)=C2/C(=O)C(=O)N(CCOC)C2c2ccncc2)c(OCC)c1. The summed E-state index contributed by atoms with van der Waals surface area (Å²) < 4.78 is 16.3. The predicted octanol–water partition coefficient (Wildman–Crippen LogP) is 2.95. The number of ketones is 1. The summed E-state index contributed by atoms with van der Waals surface area (Å²) in [6.07, 6.45) is 3.16. The number of carbonyl (C=O) groups is 2. The second-order valence-electron chi connectivity index (χ2n) is 6.79. The molecule has 8 heteroatoms. The lowest BCUT2D eigenvalue weighted by Crippen LogP contribution is -2.32. The third-order valence-electron chi connectivity index (χ3n) is 4.92. The molecule has 1 aromatic carbocycles. The summed E-state index contributed by atoms with van der Waals surface area (Å²) >= 11 is 0. The normalized spacial score (nSPS) is 17.8. The van der Waals surface area contributed by atoms with Gasteiger partial charge < -0.3 is 24.2 Å². The Morgan fingerprint density at radius 2 is 1.81 bits per heavy atom. The minimum Gasteiger partial charge on any atom is -0.507 e. The molecule has 31 heavy (non-hydrogen) atoms. The highest BCUT2D eigenvalue weighted by Crippen LogP contribution is 2.41. The number of rotatable bonds is 9. The summed E-state index contributed by atoms with van der Waals surface area (Å²) in [5, 5.41) is 11.2. The maximum absolute atomic E-state index is 13.0. The Balaban J connectivity index is 2.16. The number of benzene rings is 1. The third kappa shape index (κ3) is 4.54. The minimum absolute atomic E-state index is 0.00239. The molecule has 1 aliphatic rings. The molecule has 1 amide bonds. The van der Waals surface area contributed by atoms with Gasteiger partial charge in [0.25, 0.3) is 11.7 Å². The van der Waals surface area contributed by atoms with Crippen LogP contribution in [0, 0.1) is 0 Å². The Kier molecular flexibility index (Phi) is 7.25. The average molecular weight is 426 g/mol. The van der Waals surface area contributed by atoms with E-state index >= 15 is 0 Å². The topological polar surface area (TPSA) is 98.2 Å². The van der Waals surface area contributed by atoms with E-state index in [1.807, 2.05) is 13.8 Å². The molecule has 0 aliphatic carbocycles. The van der Waals surface area contributed by atoms with E-state index in [1.165, 1.54) is 12.0 Å². The molecule has 0 spiro atoms. The van der Waals surface area contributed by atoms with E-state index in [0.29, 0.717) is 35.8 Å². The number of aliphatic hydroxyl groups is 1. The molecular weight excluding hydrogens is 400 g/mol. The minimum atomic E-state index is -0.765. The predicted molar refractivity (Wildman–Crippen MR) is 114 cm³/mol. The van der Waals surface area contributed by atoms with Gasteiger partial charge in [0.05, 0.1) is 37.0 Å². The van der Waals surface area contributed by atoms with Gasteiger partial charge in [-0.3, -0.25) is 14.6 Å². The molecular formula is C23H26N2O6. The number of hydrogen-bond acceptors (Lipinski definition) is 7. The number of nitrogens with zero attached hydrogens (tertiary/aromatic N) is 2. The summed E-state index contributed by atoms with van der Waals surface area (Å²) in [5.74, 6) is -0.807. The molecule has 2 heterocycles. The molecule has 1 aliphatic heterocycles. The summed E-state index contributed by atoms with van der Waals surface area (Å²) in [7, 11) is 1.52. The second kappa shape index (κ2) is 10.1. The smallest absolute Gasteiger partial charge is 0.295 e. The van der Waals surface area contributed by atoms with Crippen molar-refractivity contribution >= 4 is 17.4 Å². The van der Waals surface area contributed by atoms with Crippen molar-refractivity contribution in [1.82, 2.24) is 9.88 Å². The zero-order valence-corrected chi connectivity index (χ0v) is 17.8. The molecule has 3 rings (SSSR count). The van der Waals surface area contributed by atoms with Crippen molar-refractivity contribution in [3.63, 3.8) is 0 Å². The largest absolute Gasteiger partial charge is 0.507 e. The Morgan fingerprint density at radius 1 is 1.10 bits per heavy atom. The molecule has 1 saturated heterocycles. The summed E-state index contributed by atoms with van der Waals surface area (Å²) in [6, 6.07) is 7.63. The van der Waals surface area contributed by atoms with Crippen LogP contribution in [0.2, 0.25) is 0 Å². The van der Waals surface area contributed by atoms with Crippen LogP contribution in [0.1, 0.15) is 31.0 Å². The Bertz CT molecular complexity index is 973. The van der Waals surface area contributed by atoms with Crippen LogP contribution in [0.25, 0.3) is 5.76 Å². The molecule has 164 valence electrons. The summed E-state index contributed by atoms with van der Waals surface area (Å²) in [5.41, 5.74) is 0.974. The number of aliphatic hydroxyl groups excluding tert-OH is 1. The van der Waals surface area contributed by atoms with Crippen LogP contribution < -0.4 is 9.47 Å². The van der Waals surface area contributed by atoms with Crippen molar-refractivity contribution in [3.8, 4) is 11.5 Å². The van der Waals surface area contributed by atoms with Crippen molar-refractivity contribution in [2.75, 3.05) is 33.5 Å². The molecule has 1 atom stereocenters. The van der Waals surface area contributed by atoms with Gasteiger partial charge in [-0.15, -0.1) is 0 Å². The highest BCUT2D eigenvalue weighted by atomic mass is 16.5. The molecule has 1 unspecified atom stereocenters. The van der Waals surface area contributed by atoms with E-state index in [-0.39, 0.29) is 24.5 Å². The first kappa shape index (κ1) is 22.3. The quantitative estimate of drug-likeness (QED) is 0.374. The van der Waals surface area contributed by atoms with Crippen LogP contribution in [0.15, 0.2) is 48.3 Å². The van der Waals surface area contributed by atoms with Gasteiger partial charge in [-0.1, -0.05) is 0 Å². The molecule has 2 aromatic rings. The van der Waals surface area contributed by atoms with Gasteiger partial charge in [-0.05, 0) is 43.7 Å². The first-order chi connectivity index (χ1) is 15.0. The molecule has 1 N–H and O–H groups in total. The van der Waals surface area contributed by atoms with Crippen molar-refractivity contribution in [1.29, 1.82) is 0 Å². The van der Waals surface area contributed by atoms with E-state index < -0.39 is 17.7 Å². The lowest BCUT2D eigenvalue weighted by Gasteiger charge is -2.25. The number of ether oxygens (including phenoxy) is 3. The fraction of sp³-hybridized carbons (Fsp3) is 0.348. The number of carbonyl (C=O) groups excluding carboxylic acids is 2. The van der Waals surface area contributed by atoms with E-state index in [9.17, 15) is 14.7 Å². The number of methoxy groups -OCH3 is 1. The number of amides is 1. The van der Waals surface area contributed by atoms with Crippen molar-refractivity contribution in [2.45, 2.75) is 19.9 Å². The Labute approximate surface area is 181 Å². The lowest BCUT2D eigenvalue weighted by molar-refractivity contribution is -0.140. The van der Waals surface area contributed by atoms with Crippen LogP contribution in [-0.2, 0) is 14.3 Å². The highest BCUT2D eigenvalue weighted by molar-refractivity contribution is 6.46. The molecule has 1 aromatic heterocycles. The maximum atomic E-state index is 13.0. The first-order valence-corrected chi connectivity index (χ1v) is 10.1. The number of hydrogen-bond donors (Lipinski definition) is 1. The molecule has 8 nitrogen and oxygen atoms in total. The van der Waals surface area contributed by atoms with Crippen molar-refractivity contribution in [2.24, 2.45) is 0 Å². The van der Waals surface area contributed by atoms with Crippen LogP contribution >= 0.6 is 0 Å². The van der Waals surface area contributed by atoms with E-state index in [2.05, 4.69) is 4.98 Å². The average Bonchev–Trinajstić information content (AvgIpc) is 3.03. The van der Waals surface area contributed by atoms with Crippen LogP contribution in [0.4, 0.5) is 0 Å². The van der Waals surface area contributed by atoms with Gasteiger partial charge in [-0.2, -0.15) is 0 Å². The molecule has 0 radical (unpaired) electrons. The van der Waals surface area contributed by atoms with Gasteiger partial charge in [0.15, 0.2) is 0 Å². The monoisotopic (exact) mass is 426 g/mol. The fourth-order valence-corrected chi connectivity index (χ4v) is 3.57. The molecule has 1 fully saturated rings. The number of aromatic nitrogens is 1. The standard InChI is InChI=1S/C23H26N2O6/c1-4-30-16-6-7-17(18(14-16)31-5-2)21(26)19-20(15-8-10-24-11-9-15)25(12-13-29-3)23(28)22(19)27/h6-11,14,20,26H,4-5,12-13H2,1-3H3/b21-19-. The highest BCUT2D eigenvalue weighted by Gasteiger charge is 2.46. The third-order valence-corrected chi connectivity index (χ3v) is 4.92. The Hall–Kier alpha value is -3.39. The zero-order valence-electron chi connectivity index (χ0n) is 17.8. The zero-order chi connectivity index (χ0) is 22.4. The second-order valence-corrected chi connectivity index (χ2v) is 6.79. The van der Waals surface area contributed by atoms with E-state index in [0.717, 1.165) is 0 Å². The Morgan fingerprint density at radius 3 is 2.45 bits per heavy atom. The lowest BCUT2D eigenvalue weighted by atomic mass is 9.95. The maximum Gasteiger partial charge on any atom is 0.295 e. The summed E-state index contributed by atoms with van der Waals surface area (Å²) in [4.78, 5) is 31.2. The number of likely N-dealkylation sites (tertiary alicyclic amines) is 1. The van der Waals surface area contributed by atoms with Crippen molar-refractivity contribution < 1.29 is 28.9 Å². The summed E-state index contributed by atoms with van der Waals surface area (Å²) in [6.45, 7) is 4.96. The van der Waals surface area contributed by atoms with Gasteiger partial charge in [-0.25, -0.2) is 0 Å². The fourth-order valence-electron chi connectivity index (χ4n) is 3.57. The number of Topliss-reactive ketones (excluding diaryl/α,β-unsaturated/α-hetero) is 1. The van der Waals surface area contributed by atoms with Crippen LogP contribution in [0.5, 0.6) is 11.5 Å². The molecule has 0 bridgehead atoms. The molecule has 0 saturated carbocycles.